The normalized spacial score (nSPS) is 16.0. The van der Waals surface area contributed by atoms with E-state index in [0.29, 0.717) is 40.7 Å². The van der Waals surface area contributed by atoms with Crippen molar-refractivity contribution in [1.82, 2.24) is 24.4 Å². The van der Waals surface area contributed by atoms with Gasteiger partial charge in [-0.2, -0.15) is 0 Å². The van der Waals surface area contributed by atoms with Crippen LogP contribution in [0.1, 0.15) is 40.3 Å². The zero-order valence-electron chi connectivity index (χ0n) is 25.2. The number of pyridine rings is 2. The molecule has 46 heavy (non-hydrogen) atoms. The van der Waals surface area contributed by atoms with Gasteiger partial charge in [-0.1, -0.05) is 23.7 Å². The van der Waals surface area contributed by atoms with Crippen LogP contribution in [-0.2, 0) is 23.6 Å². The second-order valence-corrected chi connectivity index (χ2v) is 14.2. The van der Waals surface area contributed by atoms with Crippen LogP contribution in [-0.4, -0.2) is 65.2 Å². The van der Waals surface area contributed by atoms with E-state index in [9.17, 15) is 9.18 Å². The van der Waals surface area contributed by atoms with Gasteiger partial charge in [0.2, 0.25) is 14.9 Å². The predicted octanol–water partition coefficient (Wildman–Crippen LogP) is 6.07. The zero-order valence-corrected chi connectivity index (χ0v) is 26.9. The Morgan fingerprint density at radius 2 is 1.96 bits per heavy atom. The Morgan fingerprint density at radius 3 is 2.72 bits per heavy atom. The average molecular weight is 656 g/mol. The number of fused-ring (bicyclic) bond motifs is 1. The van der Waals surface area contributed by atoms with E-state index in [1.807, 2.05) is 36.4 Å². The third-order valence-corrected chi connectivity index (χ3v) is 10.7. The maximum absolute atomic E-state index is 14.3. The largest absolute Gasteiger partial charge is 0.474 e. The number of piperidine rings is 1. The molecule has 2 fully saturated rings. The van der Waals surface area contributed by atoms with Crippen LogP contribution >= 0.6 is 11.6 Å². The Balaban J connectivity index is 0.996. The van der Waals surface area contributed by atoms with Crippen LogP contribution in [0.2, 0.25) is 11.1 Å². The lowest BCUT2D eigenvalue weighted by Gasteiger charge is -2.32. The van der Waals surface area contributed by atoms with Crippen LogP contribution < -0.4 is 10.1 Å². The van der Waals surface area contributed by atoms with Crippen molar-refractivity contribution in [2.45, 2.75) is 44.1 Å². The smallest absolute Gasteiger partial charge is 0.257 e. The van der Waals surface area contributed by atoms with E-state index in [2.05, 4.69) is 24.8 Å². The number of anilines is 1. The molecule has 2 aliphatic heterocycles. The standard InChI is InChI=1S/C34H33ClFN6O3Si/c35-25-7-6-23(29(36)18-25)17-26-4-1-5-33(38-26)45-28-10-13-41(14-11-28)21-32-40-30-19-27(39-34(43)24-3-2-12-37-20-24)8-9-31(30)42(32)22-46-16-15-44-46/h1-9,12,18-20,28H,10-11,13-17,21-22H2,(H,39,43). The van der Waals surface area contributed by atoms with E-state index < -0.39 is 9.04 Å². The molecule has 0 saturated carbocycles. The van der Waals surface area contributed by atoms with Crippen LogP contribution in [0.5, 0.6) is 5.88 Å². The Hall–Kier alpha value is -4.16. The first-order valence-electron chi connectivity index (χ1n) is 15.4. The Kier molecular flexibility index (Phi) is 9.06. The number of nitrogens with zero attached hydrogens (tertiary/aromatic N) is 5. The highest BCUT2D eigenvalue weighted by atomic mass is 35.5. The number of carbonyl (C=O) groups is 1. The number of carbonyl (C=O) groups excluding carboxylic acids is 1. The SMILES string of the molecule is O=C(Nc1ccc2c(c1)nc(CN1CCC(Oc3cccc(Cc4ccc(Cl)cc4F)n3)CC1)n2C[Si]1CCO1)c1cccnc1. The number of halogens is 2. The summed E-state index contributed by atoms with van der Waals surface area (Å²) in [6.07, 6.45) is 6.18. The average Bonchev–Trinajstić information content (AvgIpc) is 3.37. The predicted molar refractivity (Wildman–Crippen MR) is 176 cm³/mol. The summed E-state index contributed by atoms with van der Waals surface area (Å²) in [6, 6.07) is 20.9. The Morgan fingerprint density at radius 1 is 1.09 bits per heavy atom. The van der Waals surface area contributed by atoms with Crippen molar-refractivity contribution in [3.8, 4) is 5.88 Å². The Bertz CT molecular complexity index is 1850. The number of aromatic nitrogens is 4. The van der Waals surface area contributed by atoms with Gasteiger partial charge in [-0.15, -0.1) is 0 Å². The van der Waals surface area contributed by atoms with Crippen LogP contribution in [0.4, 0.5) is 10.1 Å². The number of imidazole rings is 1. The van der Waals surface area contributed by atoms with Gasteiger partial charge in [-0.05, 0) is 73.0 Å². The molecule has 5 heterocycles. The number of ether oxygens (including phenoxy) is 1. The molecule has 0 unspecified atom stereocenters. The van der Waals surface area contributed by atoms with Gasteiger partial charge in [0.15, 0.2) is 0 Å². The van der Waals surface area contributed by atoms with Gasteiger partial charge >= 0.3 is 0 Å². The lowest BCUT2D eigenvalue weighted by atomic mass is 10.1. The van der Waals surface area contributed by atoms with Crippen LogP contribution in [0.25, 0.3) is 11.0 Å². The first-order valence-corrected chi connectivity index (χ1v) is 17.6. The van der Waals surface area contributed by atoms with E-state index in [1.54, 1.807) is 36.7 Å². The fourth-order valence-corrected chi connectivity index (χ4v) is 7.45. The van der Waals surface area contributed by atoms with Gasteiger partial charge in [0, 0.05) is 67.1 Å². The first kappa shape index (κ1) is 30.5. The molecule has 1 amide bonds. The molecule has 2 aliphatic rings. The fraction of sp³-hybridized carbons (Fsp3) is 0.294. The summed E-state index contributed by atoms with van der Waals surface area (Å²) in [5, 5.41) is 3.35. The fourth-order valence-electron chi connectivity index (χ4n) is 5.84. The van der Waals surface area contributed by atoms with Crippen molar-refractivity contribution < 1.29 is 18.3 Å². The molecule has 0 atom stereocenters. The van der Waals surface area contributed by atoms with Crippen molar-refractivity contribution >= 4 is 43.3 Å². The molecule has 0 spiro atoms. The van der Waals surface area contributed by atoms with Crippen molar-refractivity contribution in [3.63, 3.8) is 0 Å². The molecule has 7 rings (SSSR count). The molecule has 2 saturated heterocycles. The monoisotopic (exact) mass is 655 g/mol. The molecule has 0 bridgehead atoms. The number of nitrogens with one attached hydrogen (secondary N) is 1. The minimum absolute atomic E-state index is 0.0462. The van der Waals surface area contributed by atoms with Crippen molar-refractivity contribution in [2.24, 2.45) is 0 Å². The first-order chi connectivity index (χ1) is 22.5. The molecule has 9 nitrogen and oxygen atoms in total. The quantitative estimate of drug-likeness (QED) is 0.183. The number of benzene rings is 2. The summed E-state index contributed by atoms with van der Waals surface area (Å²) in [5.41, 5.74) is 4.39. The summed E-state index contributed by atoms with van der Waals surface area (Å²) >= 11 is 5.90. The lowest BCUT2D eigenvalue weighted by molar-refractivity contribution is 0.0912. The van der Waals surface area contributed by atoms with Gasteiger partial charge in [-0.25, -0.2) is 14.4 Å². The number of hydrogen-bond donors (Lipinski definition) is 1. The third kappa shape index (κ3) is 7.12. The highest BCUT2D eigenvalue weighted by Gasteiger charge is 2.27. The molecule has 1 N–H and O–H groups in total. The second kappa shape index (κ2) is 13.7. The minimum Gasteiger partial charge on any atom is -0.474 e. The van der Waals surface area contributed by atoms with E-state index in [-0.39, 0.29) is 17.8 Å². The summed E-state index contributed by atoms with van der Waals surface area (Å²) in [6.45, 7) is 3.28. The van der Waals surface area contributed by atoms with Crippen LogP contribution in [0.15, 0.2) is 79.1 Å². The lowest BCUT2D eigenvalue weighted by Crippen LogP contribution is -2.39. The van der Waals surface area contributed by atoms with Gasteiger partial charge in [0.1, 0.15) is 17.7 Å². The zero-order chi connectivity index (χ0) is 31.5. The molecular formula is C34H33ClFN6O3Si. The maximum Gasteiger partial charge on any atom is 0.257 e. The molecule has 5 aromatic rings. The molecule has 12 heteroatoms. The van der Waals surface area contributed by atoms with Crippen LogP contribution in [0, 0.1) is 5.82 Å². The third-order valence-electron chi connectivity index (χ3n) is 8.39. The highest BCUT2D eigenvalue weighted by molar-refractivity contribution is 6.53. The highest BCUT2D eigenvalue weighted by Crippen LogP contribution is 2.26. The number of hydrogen-bond acceptors (Lipinski definition) is 7. The van der Waals surface area contributed by atoms with Crippen molar-refractivity contribution in [1.29, 1.82) is 0 Å². The maximum atomic E-state index is 14.3. The number of rotatable bonds is 10. The van der Waals surface area contributed by atoms with Gasteiger partial charge in [0.25, 0.3) is 5.91 Å². The van der Waals surface area contributed by atoms with Crippen molar-refractivity contribution in [2.75, 3.05) is 25.0 Å². The van der Waals surface area contributed by atoms with E-state index >= 15 is 0 Å². The molecule has 235 valence electrons. The topological polar surface area (TPSA) is 94.4 Å². The van der Waals surface area contributed by atoms with E-state index in [1.165, 1.54) is 6.07 Å². The summed E-state index contributed by atoms with van der Waals surface area (Å²) in [4.78, 5) is 28.8. The minimum atomic E-state index is -0.884. The molecule has 3 aromatic heterocycles. The molecule has 2 aromatic carbocycles. The van der Waals surface area contributed by atoms with E-state index in [4.69, 9.17) is 25.7 Å². The number of likely N-dealkylation sites (tertiary alicyclic amines) is 1. The number of amides is 1. The van der Waals surface area contributed by atoms with E-state index in [0.717, 1.165) is 67.3 Å². The van der Waals surface area contributed by atoms with Gasteiger partial charge in [-0.3, -0.25) is 14.7 Å². The van der Waals surface area contributed by atoms with Crippen LogP contribution in [0.3, 0.4) is 0 Å². The molecule has 1 radical (unpaired) electrons. The Labute approximate surface area is 273 Å². The summed E-state index contributed by atoms with van der Waals surface area (Å²) < 4.78 is 28.8. The van der Waals surface area contributed by atoms with Crippen molar-refractivity contribution in [3.05, 3.63) is 113 Å². The van der Waals surface area contributed by atoms with Gasteiger partial charge < -0.3 is 19.0 Å². The summed E-state index contributed by atoms with van der Waals surface area (Å²) in [7, 11) is -0.884. The molecule has 0 aliphatic carbocycles. The van der Waals surface area contributed by atoms with Gasteiger partial charge in [0.05, 0.1) is 23.1 Å². The second-order valence-electron chi connectivity index (χ2n) is 11.6. The summed E-state index contributed by atoms with van der Waals surface area (Å²) in [5.74, 6) is 1.02. The molecular weight excluding hydrogens is 623 g/mol.